The number of carbonyl (C=O) groups excluding carboxylic acids is 1. The van der Waals surface area contributed by atoms with Gasteiger partial charge in [-0.3, -0.25) is 9.89 Å². The van der Waals surface area contributed by atoms with Crippen LogP contribution in [0.1, 0.15) is 31.7 Å². The maximum absolute atomic E-state index is 12.4. The van der Waals surface area contributed by atoms with Crippen LogP contribution in [-0.2, 0) is 19.9 Å². The topological polar surface area (TPSA) is 71.4 Å². The minimum atomic E-state index is -1.00. The molecule has 0 aliphatic carbocycles. The zero-order chi connectivity index (χ0) is 19.9. The zero-order valence-electron chi connectivity index (χ0n) is 16.7. The number of nitrogens with zero attached hydrogens (tertiary/aromatic N) is 2. The first kappa shape index (κ1) is 19.2. The molecule has 0 radical (unpaired) electrons. The fourth-order valence-corrected chi connectivity index (χ4v) is 5.20. The van der Waals surface area contributed by atoms with E-state index in [9.17, 15) is 9.90 Å². The molecule has 2 saturated heterocycles. The lowest BCUT2D eigenvalue weighted by molar-refractivity contribution is -0.137. The van der Waals surface area contributed by atoms with Crippen molar-refractivity contribution in [1.29, 1.82) is 0 Å². The number of hydrogen-bond acceptors (Lipinski definition) is 6. The van der Waals surface area contributed by atoms with Crippen molar-refractivity contribution in [2.75, 3.05) is 27.3 Å². The van der Waals surface area contributed by atoms with Gasteiger partial charge >= 0.3 is 5.97 Å². The van der Waals surface area contributed by atoms with Crippen molar-refractivity contribution in [1.82, 2.24) is 4.90 Å². The van der Waals surface area contributed by atoms with Crippen molar-refractivity contribution in [3.63, 3.8) is 0 Å². The first-order valence-corrected chi connectivity index (χ1v) is 9.99. The Labute approximate surface area is 165 Å². The summed E-state index contributed by atoms with van der Waals surface area (Å²) in [5, 5.41) is 11.5. The van der Waals surface area contributed by atoms with Gasteiger partial charge in [0.05, 0.1) is 43.5 Å². The Morgan fingerprint density at radius 1 is 1.39 bits per heavy atom. The van der Waals surface area contributed by atoms with Gasteiger partial charge in [0.1, 0.15) is 5.60 Å². The van der Waals surface area contributed by atoms with E-state index >= 15 is 0 Å². The van der Waals surface area contributed by atoms with Gasteiger partial charge in [0.15, 0.2) is 0 Å². The molecule has 3 aliphatic heterocycles. The molecule has 0 saturated carbocycles. The number of benzene rings is 1. The number of aliphatic imine (C=N–C) groups is 1. The van der Waals surface area contributed by atoms with Crippen molar-refractivity contribution in [2.24, 2.45) is 16.8 Å². The Bertz CT molecular complexity index is 834. The predicted molar refractivity (Wildman–Crippen MR) is 106 cm³/mol. The molecule has 0 bridgehead atoms. The molecular formula is C22H28N2O4. The van der Waals surface area contributed by atoms with Gasteiger partial charge in [-0.25, -0.2) is 4.79 Å². The molecule has 4 atom stereocenters. The Hall–Kier alpha value is -2.18. The number of esters is 1. The Morgan fingerprint density at radius 2 is 2.18 bits per heavy atom. The lowest BCUT2D eigenvalue weighted by Crippen LogP contribution is -2.60. The maximum atomic E-state index is 12.4. The van der Waals surface area contributed by atoms with E-state index in [1.54, 1.807) is 7.11 Å². The van der Waals surface area contributed by atoms with Crippen LogP contribution in [0, 0.1) is 11.8 Å². The van der Waals surface area contributed by atoms with E-state index in [0.29, 0.717) is 17.9 Å². The molecule has 1 aromatic carbocycles. The number of hydrogen-bond donors (Lipinski definition) is 1. The third-order valence-electron chi connectivity index (χ3n) is 6.64. The molecule has 4 rings (SSSR count). The fraction of sp³-hybridized carbons (Fsp3) is 0.545. The largest absolute Gasteiger partial charge is 0.504 e. The second kappa shape index (κ2) is 7.33. The van der Waals surface area contributed by atoms with E-state index in [1.807, 2.05) is 24.3 Å². The highest BCUT2D eigenvalue weighted by molar-refractivity contribution is 6.04. The highest BCUT2D eigenvalue weighted by atomic mass is 16.5. The monoisotopic (exact) mass is 384 g/mol. The summed E-state index contributed by atoms with van der Waals surface area (Å²) in [6.45, 7) is 3.84. The fourth-order valence-electron chi connectivity index (χ4n) is 5.20. The second-order valence-electron chi connectivity index (χ2n) is 7.95. The van der Waals surface area contributed by atoms with E-state index in [2.05, 4.69) is 11.8 Å². The number of piperidine rings is 2. The molecule has 6 heteroatoms. The van der Waals surface area contributed by atoms with Gasteiger partial charge in [-0.2, -0.15) is 0 Å². The third kappa shape index (κ3) is 2.86. The normalized spacial score (nSPS) is 32.1. The lowest BCUT2D eigenvalue weighted by atomic mass is 9.70. The smallest absolute Gasteiger partial charge is 0.337 e. The van der Waals surface area contributed by atoms with Gasteiger partial charge in [0.2, 0.25) is 0 Å². The minimum Gasteiger partial charge on any atom is -0.504 e. The molecule has 3 aliphatic rings. The van der Waals surface area contributed by atoms with Gasteiger partial charge in [-0.15, -0.1) is 0 Å². The minimum absolute atomic E-state index is 0.00358. The van der Waals surface area contributed by atoms with E-state index in [4.69, 9.17) is 14.5 Å². The molecule has 1 unspecified atom stereocenters. The van der Waals surface area contributed by atoms with E-state index in [-0.39, 0.29) is 17.9 Å². The zero-order valence-corrected chi connectivity index (χ0v) is 16.7. The van der Waals surface area contributed by atoms with Gasteiger partial charge < -0.3 is 14.6 Å². The molecule has 2 fully saturated rings. The Morgan fingerprint density at radius 3 is 2.89 bits per heavy atom. The average molecular weight is 384 g/mol. The first-order chi connectivity index (χ1) is 13.5. The quantitative estimate of drug-likeness (QED) is 0.491. The summed E-state index contributed by atoms with van der Waals surface area (Å²) in [6, 6.07) is 7.84. The molecule has 3 heterocycles. The third-order valence-corrected chi connectivity index (χ3v) is 6.64. The number of carbonyl (C=O) groups is 1. The Kier molecular flexibility index (Phi) is 5.02. The summed E-state index contributed by atoms with van der Waals surface area (Å²) in [5.74, 6) is -0.0128. The van der Waals surface area contributed by atoms with Crippen LogP contribution < -0.4 is 0 Å². The van der Waals surface area contributed by atoms with Crippen molar-refractivity contribution < 1.29 is 19.4 Å². The molecule has 150 valence electrons. The summed E-state index contributed by atoms with van der Waals surface area (Å²) in [5.41, 5.74) is 2.15. The number of fused-ring (bicyclic) bond motifs is 5. The van der Waals surface area contributed by atoms with Crippen LogP contribution in [0.4, 0.5) is 5.69 Å². The predicted octanol–water partition coefficient (Wildman–Crippen LogP) is 2.78. The van der Waals surface area contributed by atoms with Crippen LogP contribution in [-0.4, -0.2) is 55.0 Å². The highest BCUT2D eigenvalue weighted by Gasteiger charge is 2.53. The standard InChI is InChI=1S/C22H28N2O4/c1-4-14-12-24-10-9-22(26)17-7-5-6-8-18(17)23-20(22)19(24)11-15(14)16(13-27-2)21(25)28-3/h5-8,13-15,19,26H,4,9-12H2,1-3H3/b16-13+/t14-,15+,19+,22?/m1/s1. The van der Waals surface area contributed by atoms with Gasteiger partial charge in [-0.1, -0.05) is 31.5 Å². The van der Waals surface area contributed by atoms with E-state index in [1.165, 1.54) is 13.4 Å². The molecule has 6 nitrogen and oxygen atoms in total. The molecule has 0 aromatic heterocycles. The molecular weight excluding hydrogens is 356 g/mol. The Balaban J connectivity index is 1.70. The number of rotatable bonds is 4. The summed E-state index contributed by atoms with van der Waals surface area (Å²) in [7, 11) is 2.95. The van der Waals surface area contributed by atoms with Crippen molar-refractivity contribution in [3.8, 4) is 0 Å². The van der Waals surface area contributed by atoms with Crippen LogP contribution in [0.15, 0.2) is 41.1 Å². The molecule has 1 N–H and O–H groups in total. The molecule has 0 amide bonds. The number of ether oxygens (including phenoxy) is 2. The molecule has 1 aromatic rings. The summed E-state index contributed by atoms with van der Waals surface area (Å²) in [6.07, 6.45) is 3.86. The van der Waals surface area contributed by atoms with Gasteiger partial charge in [0.25, 0.3) is 0 Å². The van der Waals surface area contributed by atoms with Crippen molar-refractivity contribution in [2.45, 2.75) is 37.8 Å². The van der Waals surface area contributed by atoms with Crippen molar-refractivity contribution >= 4 is 17.4 Å². The average Bonchev–Trinajstić information content (AvgIpc) is 3.03. The van der Waals surface area contributed by atoms with Gasteiger partial charge in [0, 0.05) is 18.7 Å². The van der Waals surface area contributed by atoms with Crippen LogP contribution in [0.2, 0.25) is 0 Å². The maximum Gasteiger partial charge on any atom is 0.337 e. The lowest BCUT2D eigenvalue weighted by Gasteiger charge is -2.50. The number of para-hydroxylation sites is 1. The van der Waals surface area contributed by atoms with Crippen molar-refractivity contribution in [3.05, 3.63) is 41.7 Å². The molecule has 28 heavy (non-hydrogen) atoms. The van der Waals surface area contributed by atoms with Crippen LogP contribution in [0.25, 0.3) is 0 Å². The van der Waals surface area contributed by atoms with E-state index < -0.39 is 5.60 Å². The van der Waals surface area contributed by atoms with Crippen LogP contribution >= 0.6 is 0 Å². The molecule has 0 spiro atoms. The summed E-state index contributed by atoms with van der Waals surface area (Å²) in [4.78, 5) is 19.7. The van der Waals surface area contributed by atoms with Gasteiger partial charge in [-0.05, 0) is 30.7 Å². The number of methoxy groups -OCH3 is 2. The van der Waals surface area contributed by atoms with E-state index in [0.717, 1.165) is 42.9 Å². The summed E-state index contributed by atoms with van der Waals surface area (Å²) >= 11 is 0. The summed E-state index contributed by atoms with van der Waals surface area (Å²) < 4.78 is 10.2. The SMILES string of the molecule is CC[C@@H]1CN2CCC3(O)C(=Nc4ccccc43)[C@@H]2C[C@@H]1/C(=C\OC)C(=O)OC. The number of aliphatic hydroxyl groups is 1. The van der Waals surface area contributed by atoms with Crippen LogP contribution in [0.5, 0.6) is 0 Å². The highest BCUT2D eigenvalue weighted by Crippen LogP contribution is 2.48. The first-order valence-electron chi connectivity index (χ1n) is 9.99. The second-order valence-corrected chi connectivity index (χ2v) is 7.95. The van der Waals surface area contributed by atoms with Crippen LogP contribution in [0.3, 0.4) is 0 Å².